The lowest BCUT2D eigenvalue weighted by Gasteiger charge is -2.34. The minimum atomic E-state index is -4.69. The van der Waals surface area contributed by atoms with Gasteiger partial charge in [0, 0.05) is 44.4 Å². The molecule has 5 rings (SSSR count). The van der Waals surface area contributed by atoms with Gasteiger partial charge in [-0.25, -0.2) is 13.9 Å². The molecule has 3 heterocycles. The first-order chi connectivity index (χ1) is 18.1. The van der Waals surface area contributed by atoms with Gasteiger partial charge in [-0.1, -0.05) is 50.2 Å². The molecule has 0 unspecified atom stereocenters. The molecule has 0 bridgehead atoms. The van der Waals surface area contributed by atoms with Crippen LogP contribution in [0.3, 0.4) is 0 Å². The predicted molar refractivity (Wildman–Crippen MR) is 135 cm³/mol. The van der Waals surface area contributed by atoms with Crippen LogP contribution < -0.4 is 0 Å². The molecule has 1 saturated heterocycles. The first-order valence-corrected chi connectivity index (χ1v) is 12.4. The maximum Gasteiger partial charge on any atom is 0.433 e. The Hall–Kier alpha value is -3.79. The van der Waals surface area contributed by atoms with E-state index in [0.29, 0.717) is 42.8 Å². The van der Waals surface area contributed by atoms with Crippen LogP contribution in [-0.2, 0) is 12.7 Å². The van der Waals surface area contributed by atoms with Crippen molar-refractivity contribution >= 4 is 11.6 Å². The fourth-order valence-electron chi connectivity index (χ4n) is 4.63. The van der Waals surface area contributed by atoms with Gasteiger partial charge in [-0.05, 0) is 35.2 Å². The fraction of sp³-hybridized carbons (Fsp3) is 0.321. The SMILES string of the molecule is CC(C)c1ccc(-c2cc(C(F)(F)F)n3nc(C(=O)N4CCN(Cc5cccc(F)c5)CC4)cc3n2)cc1. The third kappa shape index (κ3) is 5.40. The van der Waals surface area contributed by atoms with E-state index in [1.807, 2.05) is 32.0 Å². The summed E-state index contributed by atoms with van der Waals surface area (Å²) >= 11 is 0. The second-order valence-electron chi connectivity index (χ2n) is 9.80. The third-order valence-electron chi connectivity index (χ3n) is 6.76. The molecule has 1 aliphatic rings. The summed E-state index contributed by atoms with van der Waals surface area (Å²) in [6.07, 6.45) is -4.69. The summed E-state index contributed by atoms with van der Waals surface area (Å²) in [6, 6.07) is 15.9. The van der Waals surface area contributed by atoms with Gasteiger partial charge in [0.25, 0.3) is 5.91 Å². The summed E-state index contributed by atoms with van der Waals surface area (Å²) in [4.78, 5) is 21.2. The van der Waals surface area contributed by atoms with Crippen LogP contribution in [-0.4, -0.2) is 56.5 Å². The summed E-state index contributed by atoms with van der Waals surface area (Å²) in [6.45, 7) is 6.50. The Bertz CT molecular complexity index is 1450. The third-order valence-corrected chi connectivity index (χ3v) is 6.76. The number of piperazine rings is 1. The van der Waals surface area contributed by atoms with Crippen molar-refractivity contribution in [1.82, 2.24) is 24.4 Å². The lowest BCUT2D eigenvalue weighted by Crippen LogP contribution is -2.48. The zero-order valence-corrected chi connectivity index (χ0v) is 21.0. The maximum absolute atomic E-state index is 14.0. The number of nitrogens with zero attached hydrogens (tertiary/aromatic N) is 5. The van der Waals surface area contributed by atoms with Crippen LogP contribution in [0.25, 0.3) is 16.9 Å². The highest BCUT2D eigenvalue weighted by molar-refractivity contribution is 5.93. The summed E-state index contributed by atoms with van der Waals surface area (Å²) in [5.41, 5.74) is 1.48. The monoisotopic (exact) mass is 525 g/mol. The van der Waals surface area contributed by atoms with Crippen LogP contribution in [0.5, 0.6) is 0 Å². The van der Waals surface area contributed by atoms with E-state index in [1.165, 1.54) is 18.2 Å². The number of amides is 1. The van der Waals surface area contributed by atoms with E-state index in [4.69, 9.17) is 0 Å². The summed E-state index contributed by atoms with van der Waals surface area (Å²) in [7, 11) is 0. The molecule has 0 aliphatic carbocycles. The van der Waals surface area contributed by atoms with Crippen molar-refractivity contribution in [3.8, 4) is 11.3 Å². The normalized spacial score (nSPS) is 15.0. The molecule has 1 aliphatic heterocycles. The Kier molecular flexibility index (Phi) is 6.92. The number of carbonyl (C=O) groups excluding carboxylic acids is 1. The van der Waals surface area contributed by atoms with Gasteiger partial charge >= 0.3 is 6.18 Å². The van der Waals surface area contributed by atoms with Crippen LogP contribution in [0, 0.1) is 5.82 Å². The molecule has 2 aromatic carbocycles. The number of carbonyl (C=O) groups is 1. The Morgan fingerprint density at radius 2 is 1.68 bits per heavy atom. The lowest BCUT2D eigenvalue weighted by atomic mass is 10.0. The average molecular weight is 526 g/mol. The topological polar surface area (TPSA) is 53.7 Å². The van der Waals surface area contributed by atoms with Gasteiger partial charge in [0.2, 0.25) is 0 Å². The van der Waals surface area contributed by atoms with Crippen molar-refractivity contribution in [2.45, 2.75) is 32.5 Å². The van der Waals surface area contributed by atoms with Crippen LogP contribution in [0.4, 0.5) is 17.6 Å². The summed E-state index contributed by atoms with van der Waals surface area (Å²) in [5.74, 6) is -0.459. The maximum atomic E-state index is 14.0. The van der Waals surface area contributed by atoms with E-state index in [0.717, 1.165) is 17.2 Å². The van der Waals surface area contributed by atoms with E-state index in [9.17, 15) is 22.4 Å². The van der Waals surface area contributed by atoms with Gasteiger partial charge in [-0.3, -0.25) is 9.69 Å². The predicted octanol–water partition coefficient (Wildman–Crippen LogP) is 5.64. The van der Waals surface area contributed by atoms with E-state index < -0.39 is 17.8 Å². The highest BCUT2D eigenvalue weighted by atomic mass is 19.4. The molecule has 6 nitrogen and oxygen atoms in total. The van der Waals surface area contributed by atoms with E-state index in [-0.39, 0.29) is 28.8 Å². The first-order valence-electron chi connectivity index (χ1n) is 12.4. The number of hydrogen-bond acceptors (Lipinski definition) is 4. The summed E-state index contributed by atoms with van der Waals surface area (Å²) < 4.78 is 56.1. The molecule has 10 heteroatoms. The van der Waals surface area contributed by atoms with Gasteiger partial charge < -0.3 is 4.90 Å². The van der Waals surface area contributed by atoms with Gasteiger partial charge in [-0.2, -0.15) is 18.3 Å². The zero-order valence-electron chi connectivity index (χ0n) is 21.0. The largest absolute Gasteiger partial charge is 0.433 e. The van der Waals surface area contributed by atoms with Crippen LogP contribution in [0.2, 0.25) is 0 Å². The molecular formula is C28H27F4N5O. The van der Waals surface area contributed by atoms with Crippen molar-refractivity contribution in [2.75, 3.05) is 26.2 Å². The first kappa shape index (κ1) is 25.8. The van der Waals surface area contributed by atoms with Gasteiger partial charge in [-0.15, -0.1) is 0 Å². The number of hydrogen-bond donors (Lipinski definition) is 0. The van der Waals surface area contributed by atoms with Crippen LogP contribution in [0.15, 0.2) is 60.7 Å². The highest BCUT2D eigenvalue weighted by Crippen LogP contribution is 2.33. The van der Waals surface area contributed by atoms with Crippen molar-refractivity contribution in [3.63, 3.8) is 0 Å². The molecule has 0 N–H and O–H groups in total. The Morgan fingerprint density at radius 1 is 0.974 bits per heavy atom. The number of alkyl halides is 3. The van der Waals surface area contributed by atoms with E-state index in [1.54, 1.807) is 23.1 Å². The van der Waals surface area contributed by atoms with Crippen molar-refractivity contribution in [1.29, 1.82) is 0 Å². The Morgan fingerprint density at radius 3 is 2.32 bits per heavy atom. The molecule has 2 aromatic heterocycles. The van der Waals surface area contributed by atoms with Gasteiger partial charge in [0.05, 0.1) is 5.69 Å². The number of benzene rings is 2. The number of aromatic nitrogens is 3. The van der Waals surface area contributed by atoms with Crippen LogP contribution >= 0.6 is 0 Å². The Labute approximate surface area is 217 Å². The standard InChI is InChI=1S/C28H27F4N5O/c1-18(2)20-6-8-21(9-7-20)23-15-25(28(30,31)32)37-26(33-23)16-24(34-37)27(38)36-12-10-35(11-13-36)17-19-4-3-5-22(29)14-19/h3-9,14-16,18H,10-13,17H2,1-2H3. The molecule has 38 heavy (non-hydrogen) atoms. The molecule has 0 spiro atoms. The number of halogens is 4. The average Bonchev–Trinajstić information content (AvgIpc) is 3.32. The second-order valence-corrected chi connectivity index (χ2v) is 9.80. The van der Waals surface area contributed by atoms with Crippen LogP contribution in [0.1, 0.15) is 47.1 Å². The number of rotatable bonds is 5. The Balaban J connectivity index is 1.37. The van der Waals surface area contributed by atoms with Crippen molar-refractivity contribution in [3.05, 3.63) is 89.0 Å². The molecule has 0 saturated carbocycles. The number of fused-ring (bicyclic) bond motifs is 1. The van der Waals surface area contributed by atoms with Gasteiger partial charge in [0.1, 0.15) is 5.82 Å². The summed E-state index contributed by atoms with van der Waals surface area (Å²) in [5, 5.41) is 4.01. The highest BCUT2D eigenvalue weighted by Gasteiger charge is 2.36. The molecule has 4 aromatic rings. The lowest BCUT2D eigenvalue weighted by molar-refractivity contribution is -0.142. The molecule has 1 amide bonds. The van der Waals surface area contributed by atoms with Crippen molar-refractivity contribution < 1.29 is 22.4 Å². The smallest absolute Gasteiger partial charge is 0.335 e. The molecule has 0 radical (unpaired) electrons. The molecule has 0 atom stereocenters. The van der Waals surface area contributed by atoms with E-state index >= 15 is 0 Å². The second kappa shape index (κ2) is 10.2. The minimum absolute atomic E-state index is 0.0455. The van der Waals surface area contributed by atoms with E-state index in [2.05, 4.69) is 15.0 Å². The molecule has 1 fully saturated rings. The fourth-order valence-corrected chi connectivity index (χ4v) is 4.63. The van der Waals surface area contributed by atoms with Crippen molar-refractivity contribution in [2.24, 2.45) is 0 Å². The van der Waals surface area contributed by atoms with Gasteiger partial charge in [0.15, 0.2) is 17.0 Å². The zero-order chi connectivity index (χ0) is 27.0. The quantitative estimate of drug-likeness (QED) is 0.317. The molecular weight excluding hydrogens is 498 g/mol. The minimum Gasteiger partial charge on any atom is -0.335 e. The molecule has 198 valence electrons.